The van der Waals surface area contributed by atoms with Crippen LogP contribution in [0.3, 0.4) is 0 Å². The summed E-state index contributed by atoms with van der Waals surface area (Å²) in [5.74, 6) is 0. The molecule has 3 nitrogen and oxygen atoms in total. The van der Waals surface area contributed by atoms with Crippen LogP contribution in [0.2, 0.25) is 0 Å². The van der Waals surface area contributed by atoms with Crippen molar-refractivity contribution in [2.45, 2.75) is 13.8 Å². The van der Waals surface area contributed by atoms with Gasteiger partial charge in [-0.3, -0.25) is 10.4 Å². The van der Waals surface area contributed by atoms with E-state index >= 15 is 0 Å². The van der Waals surface area contributed by atoms with Crippen LogP contribution in [0.15, 0.2) is 29.7 Å². The Labute approximate surface area is 67.3 Å². The summed E-state index contributed by atoms with van der Waals surface area (Å²) in [5.41, 5.74) is 0.715. The van der Waals surface area contributed by atoms with Gasteiger partial charge in [-0.05, 0) is 0 Å². The first-order chi connectivity index (χ1) is 5.34. The molecule has 0 aliphatic carbocycles. The largest absolute Gasteiger partial charge is 0.306 e. The van der Waals surface area contributed by atoms with E-state index in [1.54, 1.807) is 23.5 Å². The third kappa shape index (κ3) is 2.80. The summed E-state index contributed by atoms with van der Waals surface area (Å²) in [4.78, 5) is 5.38. The maximum Gasteiger partial charge on any atom is 0.0903 e. The molecule has 0 amide bonds. The van der Waals surface area contributed by atoms with E-state index in [2.05, 4.69) is 11.6 Å². The molecule has 0 saturated heterocycles. The summed E-state index contributed by atoms with van der Waals surface area (Å²) in [6.45, 7) is 7.64. The lowest BCUT2D eigenvalue weighted by molar-refractivity contribution is 0.741. The van der Waals surface area contributed by atoms with Crippen molar-refractivity contribution in [2.75, 3.05) is 0 Å². The highest BCUT2D eigenvalue weighted by Gasteiger charge is 1.98. The van der Waals surface area contributed by atoms with Gasteiger partial charge < -0.3 is 4.90 Å². The predicted molar refractivity (Wildman–Crippen MR) is 48.7 cm³/mol. The first kappa shape index (κ1) is 9.62. The lowest BCUT2D eigenvalue weighted by Crippen LogP contribution is -2.15. The Hall–Kier alpha value is -1.38. The number of aliphatic imine (C=N–C) groups is 1. The molecule has 1 aliphatic heterocycles. The highest BCUT2D eigenvalue weighted by atomic mass is 15.1. The zero-order valence-corrected chi connectivity index (χ0v) is 6.91. The van der Waals surface area contributed by atoms with Crippen LogP contribution in [-0.4, -0.2) is 17.5 Å². The number of allylic oxidation sites excluding steroid dienone is 1. The Morgan fingerprint density at radius 1 is 1.64 bits per heavy atom. The molecule has 0 spiro atoms. The number of rotatable bonds is 1. The molecular formula is C8H13N3. The smallest absolute Gasteiger partial charge is 0.0903 e. The van der Waals surface area contributed by atoms with Crippen molar-refractivity contribution in [2.24, 2.45) is 4.99 Å². The number of nitrogens with zero attached hydrogens (tertiary/aromatic N) is 2. The molecule has 11 heavy (non-hydrogen) atoms. The molecular weight excluding hydrogens is 138 g/mol. The second-order valence-corrected chi connectivity index (χ2v) is 1.60. The molecule has 3 heteroatoms. The standard InChI is InChI=1S/C6H7N3.C2H6/c1-6-4-8-2-3-9(6)5-7;1-2/h2-5,7H,1H2;1-2H3. The van der Waals surface area contributed by atoms with Crippen LogP contribution in [-0.2, 0) is 0 Å². The predicted octanol–water partition coefficient (Wildman–Crippen LogP) is 1.99. The minimum absolute atomic E-state index is 0.715. The minimum atomic E-state index is 0.715. The van der Waals surface area contributed by atoms with Crippen molar-refractivity contribution in [3.05, 3.63) is 24.7 Å². The third-order valence-corrected chi connectivity index (χ3v) is 1.01. The number of hydrogen-bond acceptors (Lipinski definition) is 2. The topological polar surface area (TPSA) is 39.5 Å². The van der Waals surface area contributed by atoms with E-state index < -0.39 is 0 Å². The number of nitrogens with one attached hydrogen (secondary N) is 1. The number of hydrogen-bond donors (Lipinski definition) is 1. The Kier molecular flexibility index (Phi) is 4.73. The first-order valence-electron chi connectivity index (χ1n) is 3.52. The van der Waals surface area contributed by atoms with Gasteiger partial charge in [0.2, 0.25) is 0 Å². The van der Waals surface area contributed by atoms with E-state index in [1.807, 2.05) is 13.8 Å². The SMILES string of the molecule is C=C1C=NC=CN1C=N.CC. The summed E-state index contributed by atoms with van der Waals surface area (Å²) < 4.78 is 0. The molecule has 0 aromatic rings. The average molecular weight is 151 g/mol. The van der Waals surface area contributed by atoms with E-state index in [0.717, 1.165) is 0 Å². The van der Waals surface area contributed by atoms with Crippen molar-refractivity contribution in [1.82, 2.24) is 4.90 Å². The second-order valence-electron chi connectivity index (χ2n) is 1.60. The van der Waals surface area contributed by atoms with Crippen LogP contribution < -0.4 is 0 Å². The minimum Gasteiger partial charge on any atom is -0.306 e. The summed E-state index contributed by atoms with van der Waals surface area (Å²) in [6.07, 6.45) is 6.07. The van der Waals surface area contributed by atoms with Crippen molar-refractivity contribution in [1.29, 1.82) is 5.41 Å². The maximum atomic E-state index is 6.85. The molecule has 0 bridgehead atoms. The molecule has 0 aromatic carbocycles. The van der Waals surface area contributed by atoms with Crippen LogP contribution >= 0.6 is 0 Å². The lowest BCUT2D eigenvalue weighted by atomic mass is 10.4. The molecule has 1 heterocycles. The molecule has 0 aromatic heterocycles. The van der Waals surface area contributed by atoms with Crippen molar-refractivity contribution in [3.8, 4) is 0 Å². The van der Waals surface area contributed by atoms with E-state index in [1.165, 1.54) is 6.34 Å². The zero-order chi connectivity index (χ0) is 8.69. The van der Waals surface area contributed by atoms with Gasteiger partial charge in [0.25, 0.3) is 0 Å². The first-order valence-corrected chi connectivity index (χ1v) is 3.52. The van der Waals surface area contributed by atoms with Crippen LogP contribution in [0, 0.1) is 5.41 Å². The highest BCUT2D eigenvalue weighted by molar-refractivity contribution is 5.83. The van der Waals surface area contributed by atoms with Gasteiger partial charge in [-0.2, -0.15) is 0 Å². The fourth-order valence-electron chi connectivity index (χ4n) is 0.528. The monoisotopic (exact) mass is 151 g/mol. The van der Waals surface area contributed by atoms with Gasteiger partial charge >= 0.3 is 0 Å². The average Bonchev–Trinajstić information content (AvgIpc) is 2.09. The molecule has 0 saturated carbocycles. The molecule has 60 valence electrons. The fourth-order valence-corrected chi connectivity index (χ4v) is 0.528. The van der Waals surface area contributed by atoms with Gasteiger partial charge in [0.05, 0.1) is 18.3 Å². The van der Waals surface area contributed by atoms with E-state index in [4.69, 9.17) is 5.41 Å². The van der Waals surface area contributed by atoms with Gasteiger partial charge in [-0.15, -0.1) is 0 Å². The summed E-state index contributed by atoms with van der Waals surface area (Å²) >= 11 is 0. The van der Waals surface area contributed by atoms with Gasteiger partial charge in [0.1, 0.15) is 0 Å². The van der Waals surface area contributed by atoms with Crippen molar-refractivity contribution >= 4 is 12.6 Å². The van der Waals surface area contributed by atoms with E-state index in [9.17, 15) is 0 Å². The summed E-state index contributed by atoms with van der Waals surface area (Å²) in [6, 6.07) is 0. The molecule has 0 fully saturated rings. The van der Waals surface area contributed by atoms with Crippen LogP contribution in [0.4, 0.5) is 0 Å². The van der Waals surface area contributed by atoms with Crippen LogP contribution in [0.25, 0.3) is 0 Å². The van der Waals surface area contributed by atoms with Crippen LogP contribution in [0.5, 0.6) is 0 Å². The second kappa shape index (κ2) is 5.41. The zero-order valence-electron chi connectivity index (χ0n) is 6.91. The quantitative estimate of drug-likeness (QED) is 0.452. The van der Waals surface area contributed by atoms with Gasteiger partial charge in [-0.25, -0.2) is 0 Å². The Bertz CT molecular complexity index is 192. The molecule has 1 rings (SSSR count). The Balaban J connectivity index is 0.000000461. The third-order valence-electron chi connectivity index (χ3n) is 1.01. The molecule has 0 radical (unpaired) electrons. The maximum absolute atomic E-state index is 6.85. The van der Waals surface area contributed by atoms with E-state index in [0.29, 0.717) is 5.70 Å². The lowest BCUT2D eigenvalue weighted by Gasteiger charge is -2.14. The molecule has 1 aliphatic rings. The highest BCUT2D eigenvalue weighted by Crippen LogP contribution is 2.00. The van der Waals surface area contributed by atoms with E-state index in [-0.39, 0.29) is 0 Å². The molecule has 0 unspecified atom stereocenters. The van der Waals surface area contributed by atoms with Crippen molar-refractivity contribution in [3.63, 3.8) is 0 Å². The Morgan fingerprint density at radius 2 is 2.27 bits per heavy atom. The molecule has 1 N–H and O–H groups in total. The summed E-state index contributed by atoms with van der Waals surface area (Å²) in [7, 11) is 0. The van der Waals surface area contributed by atoms with Gasteiger partial charge in [0, 0.05) is 12.4 Å². The van der Waals surface area contributed by atoms with Gasteiger partial charge in [-0.1, -0.05) is 20.4 Å². The fraction of sp³-hybridized carbons (Fsp3) is 0.250. The normalized spacial score (nSPS) is 14.0. The summed E-state index contributed by atoms with van der Waals surface area (Å²) in [5, 5.41) is 6.85. The van der Waals surface area contributed by atoms with Gasteiger partial charge in [0.15, 0.2) is 0 Å². The Morgan fingerprint density at radius 3 is 2.64 bits per heavy atom. The van der Waals surface area contributed by atoms with Crippen LogP contribution in [0.1, 0.15) is 13.8 Å². The molecule has 0 atom stereocenters. The van der Waals surface area contributed by atoms with Crippen molar-refractivity contribution < 1.29 is 0 Å².